The predicted molar refractivity (Wildman–Crippen MR) is 109 cm³/mol. The predicted octanol–water partition coefficient (Wildman–Crippen LogP) is 3.02. The van der Waals surface area contributed by atoms with Gasteiger partial charge in [0.2, 0.25) is 0 Å². The number of ether oxygens (including phenoxy) is 1. The number of imidazole rings is 2. The van der Waals surface area contributed by atoms with E-state index in [1.165, 1.54) is 0 Å². The van der Waals surface area contributed by atoms with Gasteiger partial charge in [-0.2, -0.15) is 0 Å². The number of fused-ring (bicyclic) bond motifs is 1. The lowest BCUT2D eigenvalue weighted by molar-refractivity contribution is 0.0946. The molecule has 0 radical (unpaired) electrons. The van der Waals surface area contributed by atoms with Crippen LogP contribution in [0, 0.1) is 0 Å². The molecule has 7 heteroatoms. The minimum atomic E-state index is -0.0329. The van der Waals surface area contributed by atoms with E-state index < -0.39 is 0 Å². The van der Waals surface area contributed by atoms with E-state index in [2.05, 4.69) is 15.3 Å². The fourth-order valence-corrected chi connectivity index (χ4v) is 3.65. The summed E-state index contributed by atoms with van der Waals surface area (Å²) in [5.74, 6) is 2.17. The van der Waals surface area contributed by atoms with Gasteiger partial charge >= 0.3 is 0 Å². The molecule has 0 unspecified atom stereocenters. The van der Waals surface area contributed by atoms with E-state index >= 15 is 0 Å². The van der Waals surface area contributed by atoms with Crippen molar-refractivity contribution in [1.29, 1.82) is 0 Å². The Labute approximate surface area is 167 Å². The molecule has 0 atom stereocenters. The van der Waals surface area contributed by atoms with E-state index in [0.717, 1.165) is 29.1 Å². The van der Waals surface area contributed by atoms with Crippen molar-refractivity contribution in [2.75, 3.05) is 13.7 Å². The van der Waals surface area contributed by atoms with Crippen LogP contribution in [0.15, 0.2) is 67.3 Å². The van der Waals surface area contributed by atoms with Gasteiger partial charge in [-0.05, 0) is 48.4 Å². The molecular formula is C22H19N5O2. The second-order valence-corrected chi connectivity index (χ2v) is 6.79. The number of benzene rings is 2. The molecule has 2 aromatic carbocycles. The average molecular weight is 385 g/mol. The number of amides is 1. The Kier molecular flexibility index (Phi) is 4.13. The molecule has 29 heavy (non-hydrogen) atoms. The summed E-state index contributed by atoms with van der Waals surface area (Å²) in [7, 11) is 1.65. The van der Waals surface area contributed by atoms with Crippen LogP contribution in [0.4, 0.5) is 0 Å². The maximum atomic E-state index is 12.2. The van der Waals surface area contributed by atoms with Crippen LogP contribution in [0.2, 0.25) is 0 Å². The molecule has 0 spiro atoms. The van der Waals surface area contributed by atoms with Gasteiger partial charge in [0.15, 0.2) is 11.6 Å². The SMILES string of the molecule is COc1ccc(-n2ccnc2-c2nccn2-c2ccc3c(c2)C(=O)NCC3)cc1. The van der Waals surface area contributed by atoms with Gasteiger partial charge < -0.3 is 10.1 Å². The van der Waals surface area contributed by atoms with Gasteiger partial charge in [0, 0.05) is 48.3 Å². The Morgan fingerprint density at radius 1 is 0.931 bits per heavy atom. The van der Waals surface area contributed by atoms with Crippen LogP contribution in [0.3, 0.4) is 0 Å². The second kappa shape index (κ2) is 6.94. The van der Waals surface area contributed by atoms with E-state index in [1.54, 1.807) is 19.5 Å². The number of hydrogen-bond donors (Lipinski definition) is 1. The third kappa shape index (κ3) is 2.97. The van der Waals surface area contributed by atoms with Crippen molar-refractivity contribution in [3.63, 3.8) is 0 Å². The van der Waals surface area contributed by atoms with Gasteiger partial charge in [0.05, 0.1) is 7.11 Å². The van der Waals surface area contributed by atoms with Gasteiger partial charge in [-0.3, -0.25) is 13.9 Å². The average Bonchev–Trinajstić information content (AvgIpc) is 3.43. The zero-order valence-corrected chi connectivity index (χ0v) is 15.9. The minimum Gasteiger partial charge on any atom is -0.497 e. The molecule has 2 aromatic heterocycles. The molecule has 4 aromatic rings. The summed E-state index contributed by atoms with van der Waals surface area (Å²) in [6.07, 6.45) is 8.11. The van der Waals surface area contributed by atoms with Crippen LogP contribution in [-0.4, -0.2) is 38.7 Å². The van der Waals surface area contributed by atoms with Crippen molar-refractivity contribution in [2.45, 2.75) is 6.42 Å². The van der Waals surface area contributed by atoms with Crippen LogP contribution in [0.1, 0.15) is 15.9 Å². The minimum absolute atomic E-state index is 0.0329. The molecule has 1 amide bonds. The molecule has 0 saturated carbocycles. The van der Waals surface area contributed by atoms with Gasteiger partial charge in [-0.1, -0.05) is 6.07 Å². The largest absolute Gasteiger partial charge is 0.497 e. The second-order valence-electron chi connectivity index (χ2n) is 6.79. The quantitative estimate of drug-likeness (QED) is 0.586. The first-order chi connectivity index (χ1) is 14.2. The Bertz CT molecular complexity index is 1190. The zero-order valence-electron chi connectivity index (χ0n) is 15.9. The number of nitrogens with zero attached hydrogens (tertiary/aromatic N) is 4. The topological polar surface area (TPSA) is 74.0 Å². The zero-order chi connectivity index (χ0) is 19.8. The molecule has 1 N–H and O–H groups in total. The normalized spacial score (nSPS) is 13.1. The summed E-state index contributed by atoms with van der Waals surface area (Å²) in [6, 6.07) is 13.7. The number of nitrogens with one attached hydrogen (secondary N) is 1. The molecule has 7 nitrogen and oxygen atoms in total. The highest BCUT2D eigenvalue weighted by atomic mass is 16.5. The van der Waals surface area contributed by atoms with Crippen LogP contribution in [-0.2, 0) is 6.42 Å². The molecule has 0 bridgehead atoms. The molecule has 5 rings (SSSR count). The van der Waals surface area contributed by atoms with Crippen molar-refractivity contribution in [3.05, 3.63) is 78.4 Å². The Morgan fingerprint density at radius 3 is 2.28 bits per heavy atom. The molecule has 0 saturated heterocycles. The van der Waals surface area contributed by atoms with E-state index in [-0.39, 0.29) is 5.91 Å². The molecule has 0 aliphatic carbocycles. The first-order valence-electron chi connectivity index (χ1n) is 9.37. The monoisotopic (exact) mass is 385 g/mol. The van der Waals surface area contributed by atoms with Crippen LogP contribution in [0.5, 0.6) is 5.75 Å². The summed E-state index contributed by atoms with van der Waals surface area (Å²) in [5, 5.41) is 2.90. The lowest BCUT2D eigenvalue weighted by Gasteiger charge is -2.18. The highest BCUT2D eigenvalue weighted by Gasteiger charge is 2.19. The molecule has 0 fully saturated rings. The van der Waals surface area contributed by atoms with E-state index in [4.69, 9.17) is 4.74 Å². The molecular weight excluding hydrogens is 366 g/mol. The molecule has 1 aliphatic heterocycles. The number of methoxy groups -OCH3 is 1. The molecule has 3 heterocycles. The van der Waals surface area contributed by atoms with Gasteiger partial charge in [0.25, 0.3) is 5.91 Å². The summed E-state index contributed by atoms with van der Waals surface area (Å²) in [6.45, 7) is 0.681. The third-order valence-corrected chi connectivity index (χ3v) is 5.13. The summed E-state index contributed by atoms with van der Waals surface area (Å²) in [5.41, 5.74) is 3.61. The molecule has 1 aliphatic rings. The maximum absolute atomic E-state index is 12.2. The first kappa shape index (κ1) is 17.2. The number of carbonyl (C=O) groups is 1. The summed E-state index contributed by atoms with van der Waals surface area (Å²) in [4.78, 5) is 21.3. The maximum Gasteiger partial charge on any atom is 0.251 e. The third-order valence-electron chi connectivity index (χ3n) is 5.13. The van der Waals surface area contributed by atoms with Gasteiger partial charge in [-0.25, -0.2) is 9.97 Å². The summed E-state index contributed by atoms with van der Waals surface area (Å²) >= 11 is 0. The van der Waals surface area contributed by atoms with E-state index in [9.17, 15) is 4.79 Å². The van der Waals surface area contributed by atoms with E-state index in [0.29, 0.717) is 23.8 Å². The van der Waals surface area contributed by atoms with E-state index in [1.807, 2.05) is 64.0 Å². The Balaban J connectivity index is 1.58. The first-order valence-corrected chi connectivity index (χ1v) is 9.37. The Morgan fingerprint density at radius 2 is 1.59 bits per heavy atom. The van der Waals surface area contributed by atoms with Crippen LogP contribution >= 0.6 is 0 Å². The van der Waals surface area contributed by atoms with Gasteiger partial charge in [0.1, 0.15) is 5.75 Å². The number of carbonyl (C=O) groups excluding carboxylic acids is 1. The Hall–Kier alpha value is -3.87. The fraction of sp³-hybridized carbons (Fsp3) is 0.136. The highest BCUT2D eigenvalue weighted by Crippen LogP contribution is 2.26. The van der Waals surface area contributed by atoms with Crippen molar-refractivity contribution < 1.29 is 9.53 Å². The lowest BCUT2D eigenvalue weighted by Crippen LogP contribution is -2.31. The molecule has 144 valence electrons. The van der Waals surface area contributed by atoms with Crippen LogP contribution in [0.25, 0.3) is 23.0 Å². The number of aromatic nitrogens is 4. The van der Waals surface area contributed by atoms with Crippen molar-refractivity contribution in [2.24, 2.45) is 0 Å². The van der Waals surface area contributed by atoms with Crippen molar-refractivity contribution in [1.82, 2.24) is 24.4 Å². The number of hydrogen-bond acceptors (Lipinski definition) is 4. The standard InChI is InChI=1S/C22H19N5O2/c1-29-18-6-4-16(5-7-18)26-12-10-23-20(26)21-24-11-13-27(21)17-3-2-15-8-9-25-22(28)19(15)14-17/h2-7,10-14H,8-9H2,1H3,(H,25,28). The lowest BCUT2D eigenvalue weighted by atomic mass is 10.00. The fourth-order valence-electron chi connectivity index (χ4n) is 3.65. The van der Waals surface area contributed by atoms with Gasteiger partial charge in [-0.15, -0.1) is 0 Å². The smallest absolute Gasteiger partial charge is 0.251 e. The highest BCUT2D eigenvalue weighted by molar-refractivity contribution is 5.97. The van der Waals surface area contributed by atoms with Crippen molar-refractivity contribution in [3.8, 4) is 28.8 Å². The van der Waals surface area contributed by atoms with Crippen LogP contribution < -0.4 is 10.1 Å². The van der Waals surface area contributed by atoms with Crippen molar-refractivity contribution >= 4 is 5.91 Å². The number of rotatable bonds is 4. The summed E-state index contributed by atoms with van der Waals surface area (Å²) < 4.78 is 9.17.